The second-order valence-corrected chi connectivity index (χ2v) is 10.3. The fraction of sp³-hybridized carbons (Fsp3) is 0.238. The highest BCUT2D eigenvalue weighted by molar-refractivity contribution is 7.89. The van der Waals surface area contributed by atoms with Gasteiger partial charge < -0.3 is 8.92 Å². The number of ether oxygens (including phenoxy) is 1. The summed E-state index contributed by atoms with van der Waals surface area (Å²) in [6, 6.07) is 18.9. The lowest BCUT2D eigenvalue weighted by Gasteiger charge is -2.22. The molecule has 0 N–H and O–H groups in total. The molecule has 0 saturated heterocycles. The van der Waals surface area contributed by atoms with Gasteiger partial charge in [0.25, 0.3) is 0 Å². The summed E-state index contributed by atoms with van der Waals surface area (Å²) in [6.07, 6.45) is 0.962. The smallest absolute Gasteiger partial charge is 0.306 e. The first kappa shape index (κ1) is 22.2. The summed E-state index contributed by atoms with van der Waals surface area (Å²) in [5.74, 6) is 0.169. The third kappa shape index (κ3) is 5.57. The van der Waals surface area contributed by atoms with Gasteiger partial charge in [0, 0.05) is 20.2 Å². The first-order valence-corrected chi connectivity index (χ1v) is 12.4. The van der Waals surface area contributed by atoms with Crippen LogP contribution in [-0.2, 0) is 31.4 Å². The normalized spacial score (nSPS) is 12.4. The minimum Gasteiger partial charge on any atom is -0.383 e. The van der Waals surface area contributed by atoms with E-state index in [1.54, 1.807) is 30.3 Å². The molecule has 0 fully saturated rings. The van der Waals surface area contributed by atoms with Gasteiger partial charge in [-0.05, 0) is 40.6 Å². The van der Waals surface area contributed by atoms with Crippen LogP contribution in [0, 0.1) is 0 Å². The number of methoxy groups -OCH3 is 1. The topological polar surface area (TPSA) is 90.0 Å². The lowest BCUT2D eigenvalue weighted by molar-refractivity contribution is 0.177. The molecule has 0 aliphatic rings. The van der Waals surface area contributed by atoms with E-state index in [0.29, 0.717) is 5.56 Å². The van der Waals surface area contributed by atoms with Crippen LogP contribution >= 0.6 is 0 Å². The van der Waals surface area contributed by atoms with Crippen LogP contribution in [0.5, 0.6) is 5.75 Å². The van der Waals surface area contributed by atoms with E-state index in [0.717, 1.165) is 17.0 Å². The zero-order chi connectivity index (χ0) is 21.8. The number of benzene rings is 3. The van der Waals surface area contributed by atoms with Crippen molar-refractivity contribution < 1.29 is 25.8 Å². The Bertz CT molecular complexity index is 1220. The predicted molar refractivity (Wildman–Crippen MR) is 115 cm³/mol. The molecular formula is C21H23NO6S2. The number of hydrogen-bond donors (Lipinski definition) is 0. The van der Waals surface area contributed by atoms with E-state index in [1.165, 1.54) is 23.5 Å². The number of rotatable bonds is 9. The van der Waals surface area contributed by atoms with Crippen LogP contribution in [-0.4, -0.2) is 47.7 Å². The molecule has 3 rings (SSSR count). The monoisotopic (exact) mass is 449 g/mol. The lowest BCUT2D eigenvalue weighted by Crippen LogP contribution is -2.33. The van der Waals surface area contributed by atoms with Crippen LogP contribution in [0.2, 0.25) is 0 Å². The molecule has 0 spiro atoms. The molecule has 3 aromatic rings. The molecule has 160 valence electrons. The highest BCUT2D eigenvalue weighted by Crippen LogP contribution is 2.24. The van der Waals surface area contributed by atoms with Crippen LogP contribution in [0.4, 0.5) is 0 Å². The van der Waals surface area contributed by atoms with Crippen LogP contribution in [0.3, 0.4) is 0 Å². The number of hydrogen-bond acceptors (Lipinski definition) is 6. The zero-order valence-electron chi connectivity index (χ0n) is 16.7. The number of fused-ring (bicyclic) bond motifs is 1. The fourth-order valence-corrected chi connectivity index (χ4v) is 4.89. The molecule has 0 saturated carbocycles. The Morgan fingerprint density at radius 1 is 0.867 bits per heavy atom. The van der Waals surface area contributed by atoms with Crippen molar-refractivity contribution in [1.82, 2.24) is 4.31 Å². The third-order valence-electron chi connectivity index (χ3n) is 4.43. The van der Waals surface area contributed by atoms with Crippen molar-refractivity contribution in [1.29, 1.82) is 0 Å². The molecule has 0 radical (unpaired) electrons. The molecule has 0 heterocycles. The van der Waals surface area contributed by atoms with Crippen LogP contribution in [0.15, 0.2) is 71.6 Å². The molecule has 0 aromatic heterocycles. The van der Waals surface area contributed by atoms with Crippen molar-refractivity contribution in [3.8, 4) is 5.75 Å². The molecule has 9 heteroatoms. The van der Waals surface area contributed by atoms with E-state index in [4.69, 9.17) is 8.92 Å². The minimum absolute atomic E-state index is 0.109. The first-order chi connectivity index (χ1) is 14.2. The summed E-state index contributed by atoms with van der Waals surface area (Å²) >= 11 is 0. The van der Waals surface area contributed by atoms with Gasteiger partial charge in [0.05, 0.1) is 17.8 Å². The maximum Gasteiger partial charge on any atom is 0.306 e. The second-order valence-electron chi connectivity index (χ2n) is 6.77. The summed E-state index contributed by atoms with van der Waals surface area (Å²) < 4.78 is 60.4. The number of sulfonamides is 1. The average Bonchev–Trinajstić information content (AvgIpc) is 2.70. The minimum atomic E-state index is -3.78. The SMILES string of the molecule is COCCN(Cc1ccc(OS(C)(=O)=O)cc1)S(=O)(=O)c1ccc2ccccc2c1. The van der Waals surface area contributed by atoms with Crippen molar-refractivity contribution in [3.63, 3.8) is 0 Å². The number of nitrogens with zero attached hydrogens (tertiary/aromatic N) is 1. The molecule has 7 nitrogen and oxygen atoms in total. The Balaban J connectivity index is 1.88. The molecule has 3 aromatic carbocycles. The van der Waals surface area contributed by atoms with Crippen LogP contribution in [0.25, 0.3) is 10.8 Å². The Kier molecular flexibility index (Phi) is 6.77. The van der Waals surface area contributed by atoms with Gasteiger partial charge in [-0.25, -0.2) is 8.42 Å². The van der Waals surface area contributed by atoms with Gasteiger partial charge in [-0.15, -0.1) is 0 Å². The van der Waals surface area contributed by atoms with Gasteiger partial charge in [0.2, 0.25) is 10.0 Å². The fourth-order valence-electron chi connectivity index (χ4n) is 2.98. The van der Waals surface area contributed by atoms with Gasteiger partial charge in [0.15, 0.2) is 0 Å². The molecular weight excluding hydrogens is 426 g/mol. The molecule has 0 aliphatic carbocycles. The van der Waals surface area contributed by atoms with Gasteiger partial charge >= 0.3 is 10.1 Å². The highest BCUT2D eigenvalue weighted by Gasteiger charge is 2.25. The third-order valence-corrected chi connectivity index (χ3v) is 6.77. The van der Waals surface area contributed by atoms with Crippen molar-refractivity contribution in [3.05, 3.63) is 72.3 Å². The van der Waals surface area contributed by atoms with Crippen LogP contribution < -0.4 is 4.18 Å². The predicted octanol–water partition coefficient (Wildman–Crippen LogP) is 3.02. The maximum atomic E-state index is 13.3. The zero-order valence-corrected chi connectivity index (χ0v) is 18.3. The average molecular weight is 450 g/mol. The molecule has 0 amide bonds. The van der Waals surface area contributed by atoms with E-state index in [-0.39, 0.29) is 30.3 Å². The Labute approximate surface area is 177 Å². The second kappa shape index (κ2) is 9.13. The lowest BCUT2D eigenvalue weighted by atomic mass is 10.1. The molecule has 30 heavy (non-hydrogen) atoms. The van der Waals surface area contributed by atoms with Crippen LogP contribution in [0.1, 0.15) is 5.56 Å². The maximum absolute atomic E-state index is 13.3. The largest absolute Gasteiger partial charge is 0.383 e. The molecule has 0 bridgehead atoms. The van der Waals surface area contributed by atoms with E-state index < -0.39 is 20.1 Å². The van der Waals surface area contributed by atoms with E-state index >= 15 is 0 Å². The van der Waals surface area contributed by atoms with Gasteiger partial charge in [0.1, 0.15) is 5.75 Å². The summed E-state index contributed by atoms with van der Waals surface area (Å²) in [4.78, 5) is 0.203. The van der Waals surface area contributed by atoms with Gasteiger partial charge in [-0.2, -0.15) is 12.7 Å². The summed E-state index contributed by atoms with van der Waals surface area (Å²) in [6.45, 7) is 0.521. The van der Waals surface area contributed by atoms with Gasteiger partial charge in [-0.3, -0.25) is 0 Å². The summed E-state index contributed by atoms with van der Waals surface area (Å²) in [5, 5.41) is 1.80. The molecule has 0 atom stereocenters. The van der Waals surface area contributed by atoms with Gasteiger partial charge in [-0.1, -0.05) is 42.5 Å². The van der Waals surface area contributed by atoms with E-state index in [2.05, 4.69) is 0 Å². The highest BCUT2D eigenvalue weighted by atomic mass is 32.2. The Hall–Kier alpha value is -2.46. The summed E-state index contributed by atoms with van der Waals surface area (Å²) in [7, 11) is -5.89. The molecule has 0 unspecified atom stereocenters. The Morgan fingerprint density at radius 3 is 2.17 bits per heavy atom. The van der Waals surface area contributed by atoms with Crippen molar-refractivity contribution >= 4 is 30.9 Å². The molecule has 0 aliphatic heterocycles. The van der Waals surface area contributed by atoms with Crippen molar-refractivity contribution in [2.45, 2.75) is 11.4 Å². The van der Waals surface area contributed by atoms with E-state index in [9.17, 15) is 16.8 Å². The van der Waals surface area contributed by atoms with E-state index in [1.807, 2.05) is 24.3 Å². The Morgan fingerprint density at radius 2 is 1.53 bits per heavy atom. The first-order valence-electron chi connectivity index (χ1n) is 9.15. The standard InChI is InChI=1S/C21H23NO6S2/c1-27-14-13-22(16-17-7-10-20(11-8-17)28-29(2,23)24)30(25,26)21-12-9-18-5-3-4-6-19(18)15-21/h3-12,15H,13-14,16H2,1-2H3. The van der Waals surface area contributed by atoms with Crippen molar-refractivity contribution in [2.24, 2.45) is 0 Å². The van der Waals surface area contributed by atoms with Crippen molar-refractivity contribution in [2.75, 3.05) is 26.5 Å². The quantitative estimate of drug-likeness (QED) is 0.467. The summed E-state index contributed by atoms with van der Waals surface area (Å²) in [5.41, 5.74) is 0.691.